The Morgan fingerprint density at radius 1 is 0.871 bits per heavy atom. The van der Waals surface area contributed by atoms with E-state index in [1.165, 1.54) is 18.9 Å². The maximum Gasteiger partial charge on any atom is 0.283 e. The molecule has 0 fully saturated rings. The van der Waals surface area contributed by atoms with Crippen LogP contribution in [0, 0.1) is 0 Å². The summed E-state index contributed by atoms with van der Waals surface area (Å²) in [6.07, 6.45) is 0. The Bertz CT molecular complexity index is 1200. The number of imide groups is 1. The van der Waals surface area contributed by atoms with Crippen molar-refractivity contribution in [2.45, 2.75) is 4.90 Å². The van der Waals surface area contributed by atoms with Crippen LogP contribution in [0.2, 0.25) is 10.0 Å². The predicted octanol–water partition coefficient (Wildman–Crippen LogP) is 5.99. The Morgan fingerprint density at radius 3 is 2.26 bits per heavy atom. The summed E-state index contributed by atoms with van der Waals surface area (Å²) in [4.78, 5) is 28.8. The number of carbonyl (C=O) groups excluding carboxylic acids is 2. The monoisotopic (exact) mass is 470 g/mol. The summed E-state index contributed by atoms with van der Waals surface area (Å²) in [6.45, 7) is 0. The van der Waals surface area contributed by atoms with Crippen LogP contribution in [0.4, 0.5) is 11.4 Å². The Labute approximate surface area is 193 Å². The molecule has 0 saturated carbocycles. The molecule has 0 spiro atoms. The van der Waals surface area contributed by atoms with Gasteiger partial charge in [0.05, 0.1) is 23.5 Å². The molecule has 156 valence electrons. The van der Waals surface area contributed by atoms with Gasteiger partial charge in [-0.1, -0.05) is 59.2 Å². The molecule has 8 heteroatoms. The Balaban J connectivity index is 1.78. The highest BCUT2D eigenvalue weighted by Crippen LogP contribution is 2.40. The fourth-order valence-electron chi connectivity index (χ4n) is 3.07. The first kappa shape index (κ1) is 21.3. The van der Waals surface area contributed by atoms with E-state index >= 15 is 0 Å². The molecule has 0 atom stereocenters. The number of hydrogen-bond acceptors (Lipinski definition) is 5. The van der Waals surface area contributed by atoms with Crippen LogP contribution in [0.3, 0.4) is 0 Å². The second kappa shape index (κ2) is 9.06. The number of rotatable bonds is 6. The summed E-state index contributed by atoms with van der Waals surface area (Å²) in [5, 5.41) is 3.98. The van der Waals surface area contributed by atoms with E-state index in [1.807, 2.05) is 12.1 Å². The van der Waals surface area contributed by atoms with Crippen molar-refractivity contribution in [2.75, 3.05) is 17.3 Å². The molecular formula is C23H16Cl2N2O3S. The van der Waals surface area contributed by atoms with Gasteiger partial charge in [0.2, 0.25) is 0 Å². The fraction of sp³-hybridized carbons (Fsp3) is 0.0435. The number of methoxy groups -OCH3 is 1. The lowest BCUT2D eigenvalue weighted by Gasteiger charge is -2.17. The number of thioether (sulfide) groups is 1. The minimum atomic E-state index is -0.500. The van der Waals surface area contributed by atoms with Gasteiger partial charge in [-0.25, -0.2) is 4.90 Å². The Hall–Kier alpha value is -2.93. The third-order valence-electron chi connectivity index (χ3n) is 4.53. The summed E-state index contributed by atoms with van der Waals surface area (Å²) in [5.41, 5.74) is 1.04. The molecule has 3 aromatic carbocycles. The Kier molecular flexibility index (Phi) is 6.23. The smallest absolute Gasteiger partial charge is 0.283 e. The first-order valence-electron chi connectivity index (χ1n) is 9.20. The first-order chi connectivity index (χ1) is 15.0. The molecule has 4 rings (SSSR count). The molecule has 0 aromatic heterocycles. The number of benzene rings is 3. The minimum Gasteiger partial charge on any atom is -0.495 e. The molecule has 0 saturated heterocycles. The quantitative estimate of drug-likeness (QED) is 0.448. The van der Waals surface area contributed by atoms with E-state index in [4.69, 9.17) is 27.9 Å². The van der Waals surface area contributed by atoms with Crippen LogP contribution in [0.1, 0.15) is 0 Å². The van der Waals surface area contributed by atoms with Crippen molar-refractivity contribution in [3.8, 4) is 5.75 Å². The summed E-state index contributed by atoms with van der Waals surface area (Å²) in [6, 6.07) is 20.9. The van der Waals surface area contributed by atoms with Crippen LogP contribution in [0.5, 0.6) is 5.75 Å². The van der Waals surface area contributed by atoms with E-state index in [1.54, 1.807) is 60.7 Å². The summed E-state index contributed by atoms with van der Waals surface area (Å²) in [5.74, 6) is -0.418. The summed E-state index contributed by atoms with van der Waals surface area (Å²) < 4.78 is 5.38. The van der Waals surface area contributed by atoms with Gasteiger partial charge >= 0.3 is 0 Å². The molecule has 0 aliphatic carbocycles. The minimum absolute atomic E-state index is 0.148. The van der Waals surface area contributed by atoms with E-state index in [-0.39, 0.29) is 10.6 Å². The normalized spacial score (nSPS) is 13.7. The molecular weight excluding hydrogens is 455 g/mol. The average molecular weight is 471 g/mol. The number of para-hydroxylation sites is 3. The van der Waals surface area contributed by atoms with Crippen LogP contribution in [0.25, 0.3) is 0 Å². The van der Waals surface area contributed by atoms with Gasteiger partial charge in [0, 0.05) is 9.92 Å². The third-order valence-corrected chi connectivity index (χ3v) is 6.20. The summed E-state index contributed by atoms with van der Waals surface area (Å²) in [7, 11) is 1.54. The van der Waals surface area contributed by atoms with Crippen LogP contribution in [-0.4, -0.2) is 18.9 Å². The van der Waals surface area contributed by atoms with E-state index in [9.17, 15) is 9.59 Å². The molecule has 3 aromatic rings. The highest BCUT2D eigenvalue weighted by atomic mass is 35.5. The van der Waals surface area contributed by atoms with Crippen LogP contribution >= 0.6 is 35.0 Å². The fourth-order valence-corrected chi connectivity index (χ4v) is 4.34. The van der Waals surface area contributed by atoms with Crippen molar-refractivity contribution in [2.24, 2.45) is 0 Å². The molecule has 31 heavy (non-hydrogen) atoms. The van der Waals surface area contributed by atoms with Crippen molar-refractivity contribution in [3.63, 3.8) is 0 Å². The average Bonchev–Trinajstić information content (AvgIpc) is 3.00. The summed E-state index contributed by atoms with van der Waals surface area (Å²) >= 11 is 13.4. The third kappa shape index (κ3) is 4.28. The van der Waals surface area contributed by atoms with Gasteiger partial charge in [-0.05, 0) is 48.5 Å². The molecule has 5 nitrogen and oxygen atoms in total. The largest absolute Gasteiger partial charge is 0.495 e. The van der Waals surface area contributed by atoms with Crippen LogP contribution in [-0.2, 0) is 9.59 Å². The number of carbonyl (C=O) groups is 2. The Morgan fingerprint density at radius 2 is 1.55 bits per heavy atom. The van der Waals surface area contributed by atoms with Crippen molar-refractivity contribution >= 4 is 58.2 Å². The molecule has 1 aliphatic rings. The molecule has 0 radical (unpaired) electrons. The zero-order chi connectivity index (χ0) is 22.0. The molecule has 1 aliphatic heterocycles. The highest BCUT2D eigenvalue weighted by molar-refractivity contribution is 8.04. The molecule has 2 amide bonds. The zero-order valence-electron chi connectivity index (χ0n) is 16.3. The number of amides is 2. The van der Waals surface area contributed by atoms with Gasteiger partial charge in [-0.15, -0.1) is 0 Å². The van der Waals surface area contributed by atoms with Crippen molar-refractivity contribution in [3.05, 3.63) is 93.4 Å². The first-order valence-corrected chi connectivity index (χ1v) is 10.8. The number of ether oxygens (including phenoxy) is 1. The predicted molar refractivity (Wildman–Crippen MR) is 125 cm³/mol. The van der Waals surface area contributed by atoms with Gasteiger partial charge in [-0.2, -0.15) is 0 Å². The zero-order valence-corrected chi connectivity index (χ0v) is 18.6. The number of hydrogen-bond donors (Lipinski definition) is 1. The van der Waals surface area contributed by atoms with E-state index in [2.05, 4.69) is 5.32 Å². The lowest BCUT2D eigenvalue weighted by atomic mass is 10.2. The van der Waals surface area contributed by atoms with Crippen molar-refractivity contribution < 1.29 is 14.3 Å². The maximum absolute atomic E-state index is 13.4. The lowest BCUT2D eigenvalue weighted by Crippen LogP contribution is -2.32. The molecule has 0 unspecified atom stereocenters. The van der Waals surface area contributed by atoms with Crippen molar-refractivity contribution in [1.29, 1.82) is 0 Å². The molecule has 0 bridgehead atoms. The number of anilines is 2. The SMILES string of the molecule is COc1ccccc1NC1=C(Sc2ccc(Cl)cc2)C(=O)N(c2ccccc2Cl)C1=O. The lowest BCUT2D eigenvalue weighted by molar-refractivity contribution is -0.120. The standard InChI is InChI=1S/C23H16Cl2N2O3S/c1-30-19-9-5-3-7-17(19)26-20-21(31-15-12-10-14(24)11-13-15)23(29)27(22(20)28)18-8-4-2-6-16(18)25/h2-13,26H,1H3. The topological polar surface area (TPSA) is 58.6 Å². The second-order valence-electron chi connectivity index (χ2n) is 6.48. The molecule has 1 heterocycles. The van der Waals surface area contributed by atoms with Gasteiger partial charge in [0.15, 0.2) is 0 Å². The van der Waals surface area contributed by atoms with Crippen LogP contribution < -0.4 is 15.0 Å². The van der Waals surface area contributed by atoms with Gasteiger partial charge in [0.25, 0.3) is 11.8 Å². The number of nitrogens with one attached hydrogen (secondary N) is 1. The van der Waals surface area contributed by atoms with Crippen LogP contribution in [0.15, 0.2) is 88.3 Å². The van der Waals surface area contributed by atoms with Gasteiger partial charge in [-0.3, -0.25) is 9.59 Å². The number of nitrogens with zero attached hydrogens (tertiary/aromatic N) is 1. The van der Waals surface area contributed by atoms with E-state index < -0.39 is 11.8 Å². The second-order valence-corrected chi connectivity index (χ2v) is 8.41. The van der Waals surface area contributed by atoms with Gasteiger partial charge < -0.3 is 10.1 Å². The van der Waals surface area contributed by atoms with E-state index in [0.717, 1.165) is 9.80 Å². The van der Waals surface area contributed by atoms with Crippen molar-refractivity contribution in [1.82, 2.24) is 0 Å². The highest BCUT2D eigenvalue weighted by Gasteiger charge is 2.41. The number of halogens is 2. The van der Waals surface area contributed by atoms with Gasteiger partial charge in [0.1, 0.15) is 16.4 Å². The molecule has 1 N–H and O–H groups in total. The maximum atomic E-state index is 13.4. The van der Waals surface area contributed by atoms with E-state index in [0.29, 0.717) is 27.2 Å².